The van der Waals surface area contributed by atoms with Crippen molar-refractivity contribution in [3.05, 3.63) is 28.8 Å². The molecule has 0 bridgehead atoms. The molecular formula is C24H31ClF6N4O2S. The fourth-order valence-corrected chi connectivity index (χ4v) is 6.79. The first-order valence-corrected chi connectivity index (χ1v) is 14.0. The fourth-order valence-electron chi connectivity index (χ4n) is 5.65. The van der Waals surface area contributed by atoms with Crippen LogP contribution in [0.25, 0.3) is 0 Å². The van der Waals surface area contributed by atoms with Crippen molar-refractivity contribution >= 4 is 35.3 Å². The molecule has 0 saturated carbocycles. The summed E-state index contributed by atoms with van der Waals surface area (Å²) in [4.78, 5) is 17.3. The number of amides is 1. The number of hydrogen-bond acceptors (Lipinski definition) is 6. The standard InChI is InChI=1S/C24H31ClF6N4O2S/c1-38-35-8-2-5-22(35)6-9-33(10-7-22)19-15-18(25)4-3-17(19)16-32-11-13-34(14-12-32)21(36)37-20(23(26,27)28)24(29,30)31/h3-4,15,20H,2,5-14,16H2,1H3. The Balaban J connectivity index is 1.35. The summed E-state index contributed by atoms with van der Waals surface area (Å²) in [5.74, 6) is 0. The van der Waals surface area contributed by atoms with E-state index in [1.807, 2.05) is 29.0 Å². The Morgan fingerprint density at radius 2 is 1.63 bits per heavy atom. The minimum atomic E-state index is -5.74. The normalized spacial score (nSPS) is 21.5. The molecule has 0 atom stereocenters. The Labute approximate surface area is 227 Å². The molecule has 0 unspecified atom stereocenters. The van der Waals surface area contributed by atoms with Crippen molar-refractivity contribution in [1.82, 2.24) is 14.1 Å². The summed E-state index contributed by atoms with van der Waals surface area (Å²) in [6.45, 7) is 3.89. The summed E-state index contributed by atoms with van der Waals surface area (Å²) in [5, 5.41) is 0.618. The van der Waals surface area contributed by atoms with Crippen LogP contribution in [0, 0.1) is 0 Å². The Kier molecular flexibility index (Phi) is 8.90. The molecule has 3 fully saturated rings. The average molecular weight is 589 g/mol. The van der Waals surface area contributed by atoms with E-state index in [-0.39, 0.29) is 31.7 Å². The number of halogens is 7. The highest BCUT2D eigenvalue weighted by molar-refractivity contribution is 7.96. The predicted molar refractivity (Wildman–Crippen MR) is 134 cm³/mol. The van der Waals surface area contributed by atoms with E-state index in [2.05, 4.69) is 20.2 Å². The van der Waals surface area contributed by atoms with E-state index in [9.17, 15) is 31.1 Å². The molecule has 4 rings (SSSR count). The van der Waals surface area contributed by atoms with Crippen molar-refractivity contribution in [2.75, 3.05) is 57.0 Å². The molecule has 1 aromatic carbocycles. The van der Waals surface area contributed by atoms with E-state index in [4.69, 9.17) is 11.6 Å². The number of carbonyl (C=O) groups is 1. The van der Waals surface area contributed by atoms with Gasteiger partial charge in [0.05, 0.1) is 0 Å². The van der Waals surface area contributed by atoms with E-state index in [1.54, 1.807) is 6.07 Å². The number of hydrogen-bond donors (Lipinski definition) is 0. The minimum Gasteiger partial charge on any atom is -0.426 e. The van der Waals surface area contributed by atoms with Crippen LogP contribution in [0.1, 0.15) is 31.2 Å². The van der Waals surface area contributed by atoms with Crippen molar-refractivity contribution in [3.8, 4) is 0 Å². The van der Waals surface area contributed by atoms with Crippen LogP contribution in [-0.2, 0) is 11.3 Å². The van der Waals surface area contributed by atoms with Gasteiger partial charge in [0.15, 0.2) is 0 Å². The topological polar surface area (TPSA) is 39.3 Å². The zero-order chi connectivity index (χ0) is 27.7. The lowest BCUT2D eigenvalue weighted by Gasteiger charge is -2.45. The van der Waals surface area contributed by atoms with Gasteiger partial charge in [-0.2, -0.15) is 26.3 Å². The van der Waals surface area contributed by atoms with Crippen LogP contribution < -0.4 is 4.90 Å². The summed E-state index contributed by atoms with van der Waals surface area (Å²) in [5.41, 5.74) is 2.29. The molecule has 1 amide bonds. The van der Waals surface area contributed by atoms with E-state index in [1.165, 1.54) is 12.8 Å². The van der Waals surface area contributed by atoms with Gasteiger partial charge in [0, 0.05) is 68.6 Å². The van der Waals surface area contributed by atoms with Gasteiger partial charge in [0.1, 0.15) is 0 Å². The van der Waals surface area contributed by atoms with E-state index in [0.29, 0.717) is 11.6 Å². The van der Waals surface area contributed by atoms with Crippen LogP contribution in [0.4, 0.5) is 36.8 Å². The molecule has 3 heterocycles. The lowest BCUT2D eigenvalue weighted by atomic mass is 9.86. The summed E-state index contributed by atoms with van der Waals surface area (Å²) in [6, 6.07) is 5.70. The van der Waals surface area contributed by atoms with Gasteiger partial charge in [0.2, 0.25) is 0 Å². The number of ether oxygens (including phenoxy) is 1. The van der Waals surface area contributed by atoms with Crippen molar-refractivity contribution in [1.29, 1.82) is 0 Å². The molecular weight excluding hydrogens is 558 g/mol. The molecule has 0 aromatic heterocycles. The number of piperidine rings is 1. The molecule has 0 N–H and O–H groups in total. The monoisotopic (exact) mass is 588 g/mol. The van der Waals surface area contributed by atoms with Gasteiger partial charge in [-0.3, -0.25) is 4.90 Å². The zero-order valence-corrected chi connectivity index (χ0v) is 22.5. The molecule has 6 nitrogen and oxygen atoms in total. The fraction of sp³-hybridized carbons (Fsp3) is 0.708. The number of benzene rings is 1. The summed E-state index contributed by atoms with van der Waals surface area (Å²) < 4.78 is 82.8. The SMILES string of the molecule is CSN1CCCC12CCN(c1cc(Cl)ccc1CN1CCN(C(=O)OC(C(F)(F)F)C(F)(F)F)CC1)CC2. The third-order valence-corrected chi connectivity index (χ3v) is 8.92. The Hall–Kier alpha value is -1.57. The van der Waals surface area contributed by atoms with Crippen LogP contribution in [0.15, 0.2) is 18.2 Å². The molecule has 1 aromatic rings. The maximum atomic E-state index is 12.8. The highest BCUT2D eigenvalue weighted by atomic mass is 35.5. The molecule has 3 aliphatic heterocycles. The van der Waals surface area contributed by atoms with E-state index in [0.717, 1.165) is 48.6 Å². The molecule has 38 heavy (non-hydrogen) atoms. The Morgan fingerprint density at radius 1 is 1.00 bits per heavy atom. The zero-order valence-electron chi connectivity index (χ0n) is 21.0. The Bertz CT molecular complexity index is 968. The third-order valence-electron chi connectivity index (χ3n) is 7.67. The highest BCUT2D eigenvalue weighted by Gasteiger charge is 2.60. The van der Waals surface area contributed by atoms with Crippen LogP contribution in [-0.4, -0.2) is 96.3 Å². The first-order valence-electron chi connectivity index (χ1n) is 12.5. The van der Waals surface area contributed by atoms with Crippen LogP contribution in [0.5, 0.6) is 0 Å². The van der Waals surface area contributed by atoms with Crippen LogP contribution >= 0.6 is 23.5 Å². The maximum Gasteiger partial charge on any atom is 0.434 e. The second kappa shape index (κ2) is 11.5. The number of piperazine rings is 1. The van der Waals surface area contributed by atoms with Crippen LogP contribution in [0.3, 0.4) is 0 Å². The maximum absolute atomic E-state index is 12.8. The first-order chi connectivity index (χ1) is 17.8. The van der Waals surface area contributed by atoms with E-state index < -0.39 is 24.5 Å². The van der Waals surface area contributed by atoms with Gasteiger partial charge in [0.25, 0.3) is 6.10 Å². The van der Waals surface area contributed by atoms with Gasteiger partial charge in [-0.25, -0.2) is 9.10 Å². The van der Waals surface area contributed by atoms with Crippen molar-refractivity contribution in [2.45, 2.75) is 56.2 Å². The van der Waals surface area contributed by atoms with Gasteiger partial charge in [-0.05, 0) is 49.6 Å². The molecule has 3 aliphatic rings. The smallest absolute Gasteiger partial charge is 0.426 e. The van der Waals surface area contributed by atoms with Crippen molar-refractivity contribution in [2.24, 2.45) is 0 Å². The number of carbonyl (C=O) groups excluding carboxylic acids is 1. The lowest BCUT2D eigenvalue weighted by molar-refractivity contribution is -0.308. The predicted octanol–water partition coefficient (Wildman–Crippen LogP) is 5.80. The van der Waals surface area contributed by atoms with Crippen molar-refractivity contribution in [3.63, 3.8) is 0 Å². The quantitative estimate of drug-likeness (QED) is 0.320. The second-order valence-corrected chi connectivity index (χ2v) is 11.2. The number of anilines is 1. The van der Waals surface area contributed by atoms with Crippen LogP contribution in [0.2, 0.25) is 5.02 Å². The molecule has 1 spiro atoms. The van der Waals surface area contributed by atoms with Gasteiger partial charge in [-0.1, -0.05) is 29.6 Å². The third kappa shape index (κ3) is 6.59. The van der Waals surface area contributed by atoms with Gasteiger partial charge < -0.3 is 14.5 Å². The number of alkyl halides is 6. The highest BCUT2D eigenvalue weighted by Crippen LogP contribution is 2.43. The van der Waals surface area contributed by atoms with Crippen molar-refractivity contribution < 1.29 is 35.9 Å². The minimum absolute atomic E-state index is 0.0407. The van der Waals surface area contributed by atoms with Gasteiger partial charge >= 0.3 is 18.4 Å². The molecule has 14 heteroatoms. The Morgan fingerprint density at radius 3 is 2.21 bits per heavy atom. The molecule has 3 saturated heterocycles. The van der Waals surface area contributed by atoms with E-state index >= 15 is 0 Å². The summed E-state index contributed by atoms with van der Waals surface area (Å²) in [6.07, 6.45) is -10.6. The largest absolute Gasteiger partial charge is 0.434 e. The molecule has 0 aliphatic carbocycles. The number of nitrogens with zero attached hydrogens (tertiary/aromatic N) is 4. The molecule has 214 valence electrons. The average Bonchev–Trinajstić information content (AvgIpc) is 3.25. The second-order valence-electron chi connectivity index (χ2n) is 9.98. The number of rotatable bonds is 5. The summed E-state index contributed by atoms with van der Waals surface area (Å²) in [7, 11) is 0. The first kappa shape index (κ1) is 29.4. The molecule has 0 radical (unpaired) electrons. The lowest BCUT2D eigenvalue weighted by Crippen LogP contribution is -2.52. The summed E-state index contributed by atoms with van der Waals surface area (Å²) >= 11 is 8.14. The van der Waals surface area contributed by atoms with Gasteiger partial charge in [-0.15, -0.1) is 0 Å².